The van der Waals surface area contributed by atoms with Crippen molar-refractivity contribution in [3.05, 3.63) is 39.5 Å². The van der Waals surface area contributed by atoms with E-state index in [1.165, 1.54) is 0 Å². The van der Waals surface area contributed by atoms with Crippen molar-refractivity contribution in [2.75, 3.05) is 0 Å². The minimum Gasteiger partial charge on any atom is -0.465 e. The monoisotopic (exact) mass is 311 g/mol. The molecular formula is C13H18BrN3O. The summed E-state index contributed by atoms with van der Waals surface area (Å²) in [5, 5.41) is 4.46. The maximum absolute atomic E-state index is 6.17. The van der Waals surface area contributed by atoms with Gasteiger partial charge in [0.1, 0.15) is 11.5 Å². The Bertz CT molecular complexity index is 544. The van der Waals surface area contributed by atoms with Crippen LogP contribution >= 0.6 is 15.9 Å². The minimum atomic E-state index is -0.143. The third kappa shape index (κ3) is 2.52. The van der Waals surface area contributed by atoms with Gasteiger partial charge in [0, 0.05) is 13.5 Å². The van der Waals surface area contributed by atoms with Gasteiger partial charge < -0.3 is 10.2 Å². The van der Waals surface area contributed by atoms with E-state index in [-0.39, 0.29) is 6.04 Å². The van der Waals surface area contributed by atoms with E-state index in [2.05, 4.69) is 28.0 Å². The van der Waals surface area contributed by atoms with Gasteiger partial charge in [-0.25, -0.2) is 0 Å². The van der Waals surface area contributed by atoms with Crippen molar-refractivity contribution >= 4 is 15.9 Å². The molecule has 0 aliphatic heterocycles. The van der Waals surface area contributed by atoms with Crippen LogP contribution in [0.3, 0.4) is 0 Å². The van der Waals surface area contributed by atoms with Crippen LogP contribution in [0.25, 0.3) is 0 Å². The van der Waals surface area contributed by atoms with Gasteiger partial charge in [-0.3, -0.25) is 4.68 Å². The largest absolute Gasteiger partial charge is 0.465 e. The SMILES string of the molecule is CCc1nn(C)c(CC(N)c2ccc(C)o2)c1Br. The number of nitrogens with zero attached hydrogens (tertiary/aromatic N) is 2. The molecule has 2 heterocycles. The lowest BCUT2D eigenvalue weighted by Crippen LogP contribution is -2.15. The molecule has 0 amide bonds. The summed E-state index contributed by atoms with van der Waals surface area (Å²) in [7, 11) is 1.94. The van der Waals surface area contributed by atoms with E-state index in [4.69, 9.17) is 10.2 Å². The molecule has 2 aromatic rings. The predicted octanol–water partition coefficient (Wildman–Crippen LogP) is 2.89. The lowest BCUT2D eigenvalue weighted by atomic mass is 10.1. The summed E-state index contributed by atoms with van der Waals surface area (Å²) in [4.78, 5) is 0. The van der Waals surface area contributed by atoms with E-state index in [0.29, 0.717) is 6.42 Å². The molecule has 1 atom stereocenters. The molecule has 0 aromatic carbocycles. The predicted molar refractivity (Wildman–Crippen MR) is 74.4 cm³/mol. The van der Waals surface area contributed by atoms with Gasteiger partial charge in [0.05, 0.1) is 21.9 Å². The molecule has 0 saturated carbocycles. The summed E-state index contributed by atoms with van der Waals surface area (Å²) < 4.78 is 8.51. The highest BCUT2D eigenvalue weighted by Gasteiger charge is 2.18. The fourth-order valence-electron chi connectivity index (χ4n) is 2.00. The van der Waals surface area contributed by atoms with Crippen molar-refractivity contribution < 1.29 is 4.42 Å². The first-order valence-electron chi connectivity index (χ1n) is 6.05. The fraction of sp³-hybridized carbons (Fsp3) is 0.462. The molecule has 0 fully saturated rings. The third-order valence-electron chi connectivity index (χ3n) is 3.04. The minimum absolute atomic E-state index is 0.143. The highest BCUT2D eigenvalue weighted by molar-refractivity contribution is 9.10. The van der Waals surface area contributed by atoms with Crippen molar-refractivity contribution in [2.24, 2.45) is 12.8 Å². The lowest BCUT2D eigenvalue weighted by molar-refractivity contribution is 0.440. The molecule has 0 saturated heterocycles. The summed E-state index contributed by atoms with van der Waals surface area (Å²) in [6.07, 6.45) is 1.61. The van der Waals surface area contributed by atoms with Gasteiger partial charge in [0.15, 0.2) is 0 Å². The average Bonchev–Trinajstić information content (AvgIpc) is 2.87. The Morgan fingerprint density at radius 3 is 2.72 bits per heavy atom. The standard InChI is InChI=1S/C13H18BrN3O/c1-4-10-13(14)11(17(3)16-10)7-9(15)12-6-5-8(2)18-12/h5-6,9H,4,7,15H2,1-3H3. The van der Waals surface area contributed by atoms with Gasteiger partial charge in [0.2, 0.25) is 0 Å². The first-order chi connectivity index (χ1) is 8.52. The molecule has 0 radical (unpaired) electrons. The van der Waals surface area contributed by atoms with Gasteiger partial charge in [-0.2, -0.15) is 5.10 Å². The Hall–Kier alpha value is -1.07. The van der Waals surface area contributed by atoms with Crippen molar-refractivity contribution in [1.82, 2.24) is 9.78 Å². The van der Waals surface area contributed by atoms with E-state index >= 15 is 0 Å². The fourth-order valence-corrected chi connectivity index (χ4v) is 2.78. The second kappa shape index (κ2) is 5.28. The zero-order chi connectivity index (χ0) is 13.3. The van der Waals surface area contributed by atoms with E-state index in [1.54, 1.807) is 0 Å². The van der Waals surface area contributed by atoms with Crippen molar-refractivity contribution in [3.63, 3.8) is 0 Å². The maximum Gasteiger partial charge on any atom is 0.121 e. The van der Waals surface area contributed by atoms with Crippen LogP contribution in [0.5, 0.6) is 0 Å². The number of rotatable bonds is 4. The van der Waals surface area contributed by atoms with E-state index < -0.39 is 0 Å². The smallest absolute Gasteiger partial charge is 0.121 e. The molecule has 4 nitrogen and oxygen atoms in total. The molecule has 0 aliphatic carbocycles. The van der Waals surface area contributed by atoms with E-state index in [0.717, 1.165) is 33.8 Å². The van der Waals surface area contributed by atoms with Crippen LogP contribution in [0.1, 0.15) is 35.9 Å². The maximum atomic E-state index is 6.17. The first kappa shape index (κ1) is 13.4. The Morgan fingerprint density at radius 1 is 1.50 bits per heavy atom. The van der Waals surface area contributed by atoms with E-state index in [1.807, 2.05) is 30.8 Å². The summed E-state index contributed by atoms with van der Waals surface area (Å²) in [5.74, 6) is 1.71. The van der Waals surface area contributed by atoms with Crippen molar-refractivity contribution in [2.45, 2.75) is 32.7 Å². The molecule has 0 spiro atoms. The van der Waals surface area contributed by atoms with Gasteiger partial charge in [0.25, 0.3) is 0 Å². The van der Waals surface area contributed by atoms with Gasteiger partial charge >= 0.3 is 0 Å². The van der Waals surface area contributed by atoms with Crippen LogP contribution in [-0.4, -0.2) is 9.78 Å². The van der Waals surface area contributed by atoms with Crippen molar-refractivity contribution in [1.29, 1.82) is 0 Å². The molecule has 0 bridgehead atoms. The molecule has 1 unspecified atom stereocenters. The Balaban J connectivity index is 2.21. The number of hydrogen-bond acceptors (Lipinski definition) is 3. The molecule has 2 N–H and O–H groups in total. The van der Waals surface area contributed by atoms with Gasteiger partial charge in [-0.05, 0) is 41.4 Å². The zero-order valence-electron chi connectivity index (χ0n) is 10.9. The third-order valence-corrected chi connectivity index (χ3v) is 3.96. The number of nitrogens with two attached hydrogens (primary N) is 1. The second-order valence-electron chi connectivity index (χ2n) is 4.44. The van der Waals surface area contributed by atoms with E-state index in [9.17, 15) is 0 Å². The normalized spacial score (nSPS) is 12.9. The second-order valence-corrected chi connectivity index (χ2v) is 5.24. The Labute approximate surface area is 115 Å². The molecule has 18 heavy (non-hydrogen) atoms. The van der Waals surface area contributed by atoms with Gasteiger partial charge in [-0.1, -0.05) is 6.92 Å². The van der Waals surface area contributed by atoms with Gasteiger partial charge in [-0.15, -0.1) is 0 Å². The number of halogens is 1. The molecule has 2 aromatic heterocycles. The molecule has 98 valence electrons. The van der Waals surface area contributed by atoms with Crippen LogP contribution in [0.2, 0.25) is 0 Å². The first-order valence-corrected chi connectivity index (χ1v) is 6.84. The number of aryl methyl sites for hydroxylation is 3. The number of aromatic nitrogens is 2. The van der Waals surface area contributed by atoms with Crippen LogP contribution in [-0.2, 0) is 19.9 Å². The highest BCUT2D eigenvalue weighted by Crippen LogP contribution is 2.26. The lowest BCUT2D eigenvalue weighted by Gasteiger charge is -2.09. The summed E-state index contributed by atoms with van der Waals surface area (Å²) in [6, 6.07) is 3.73. The molecular weight excluding hydrogens is 294 g/mol. The Morgan fingerprint density at radius 2 is 2.22 bits per heavy atom. The number of hydrogen-bond donors (Lipinski definition) is 1. The van der Waals surface area contributed by atoms with Crippen LogP contribution in [0.15, 0.2) is 21.0 Å². The summed E-state index contributed by atoms with van der Waals surface area (Å²) in [5.41, 5.74) is 8.34. The van der Waals surface area contributed by atoms with Crippen LogP contribution in [0, 0.1) is 6.92 Å². The Kier molecular flexibility index (Phi) is 3.92. The quantitative estimate of drug-likeness (QED) is 0.944. The molecule has 0 aliphatic rings. The van der Waals surface area contributed by atoms with Crippen molar-refractivity contribution in [3.8, 4) is 0 Å². The highest BCUT2D eigenvalue weighted by atomic mass is 79.9. The summed E-state index contributed by atoms with van der Waals surface area (Å²) >= 11 is 3.60. The zero-order valence-corrected chi connectivity index (χ0v) is 12.5. The van der Waals surface area contributed by atoms with Crippen LogP contribution in [0.4, 0.5) is 0 Å². The molecule has 5 heteroatoms. The van der Waals surface area contributed by atoms with Crippen LogP contribution < -0.4 is 5.73 Å². The summed E-state index contributed by atoms with van der Waals surface area (Å²) in [6.45, 7) is 4.01. The number of furan rings is 1. The molecule has 2 rings (SSSR count). The topological polar surface area (TPSA) is 57.0 Å². The average molecular weight is 312 g/mol.